The van der Waals surface area contributed by atoms with Gasteiger partial charge in [-0.25, -0.2) is 0 Å². The monoisotopic (exact) mass is 308 g/mol. The maximum absolute atomic E-state index is 12.7. The van der Waals surface area contributed by atoms with E-state index in [9.17, 15) is 9.59 Å². The molecule has 118 valence electrons. The van der Waals surface area contributed by atoms with Gasteiger partial charge in [0.1, 0.15) is 11.7 Å². The van der Waals surface area contributed by atoms with Gasteiger partial charge in [-0.1, -0.05) is 67.6 Å². The molecule has 3 unspecified atom stereocenters. The van der Waals surface area contributed by atoms with Gasteiger partial charge in [0.2, 0.25) is 0 Å². The van der Waals surface area contributed by atoms with Crippen LogP contribution in [-0.4, -0.2) is 18.4 Å². The lowest BCUT2D eigenvalue weighted by molar-refractivity contribution is -0.144. The number of esters is 1. The first kappa shape index (κ1) is 15.5. The van der Waals surface area contributed by atoms with Crippen LogP contribution in [-0.2, 0) is 14.3 Å². The van der Waals surface area contributed by atoms with E-state index >= 15 is 0 Å². The van der Waals surface area contributed by atoms with E-state index in [2.05, 4.69) is 0 Å². The Kier molecular flexibility index (Phi) is 4.56. The maximum Gasteiger partial charge on any atom is 0.317 e. The molecule has 1 aliphatic heterocycles. The summed E-state index contributed by atoms with van der Waals surface area (Å²) < 4.78 is 5.18. The molecular weight excluding hydrogens is 288 g/mol. The van der Waals surface area contributed by atoms with Crippen LogP contribution in [0.5, 0.6) is 0 Å². The number of cyclic esters (lactones) is 1. The second-order valence-electron chi connectivity index (χ2n) is 6.11. The van der Waals surface area contributed by atoms with Crippen LogP contribution in [0, 0.1) is 5.92 Å². The zero-order chi connectivity index (χ0) is 16.2. The lowest BCUT2D eigenvalue weighted by Gasteiger charge is -2.17. The normalized spacial score (nSPS) is 21.7. The zero-order valence-corrected chi connectivity index (χ0v) is 13.1. The molecule has 3 nitrogen and oxygen atoms in total. The highest BCUT2D eigenvalue weighted by molar-refractivity contribution is 6.01. The topological polar surface area (TPSA) is 43.4 Å². The number of rotatable bonds is 5. The number of benzene rings is 2. The Hall–Kier alpha value is -2.42. The summed E-state index contributed by atoms with van der Waals surface area (Å²) in [5.74, 6) is -1.17. The van der Waals surface area contributed by atoms with Crippen LogP contribution in [0.25, 0.3) is 0 Å². The van der Waals surface area contributed by atoms with Gasteiger partial charge < -0.3 is 4.74 Å². The van der Waals surface area contributed by atoms with Gasteiger partial charge in [0.15, 0.2) is 0 Å². The molecular formula is C20H20O3. The molecule has 3 rings (SSSR count). The molecule has 0 saturated carbocycles. The van der Waals surface area contributed by atoms with Crippen LogP contribution in [0.1, 0.15) is 36.3 Å². The molecule has 23 heavy (non-hydrogen) atoms. The summed E-state index contributed by atoms with van der Waals surface area (Å²) in [7, 11) is 0. The zero-order valence-electron chi connectivity index (χ0n) is 13.1. The number of hydrogen-bond acceptors (Lipinski definition) is 3. The maximum atomic E-state index is 12.7. The first-order chi connectivity index (χ1) is 11.2. The van der Waals surface area contributed by atoms with Gasteiger partial charge in [-0.2, -0.15) is 0 Å². The van der Waals surface area contributed by atoms with Crippen molar-refractivity contribution in [1.29, 1.82) is 0 Å². The molecule has 0 spiro atoms. The molecule has 0 aliphatic carbocycles. The lowest BCUT2D eigenvalue weighted by Crippen LogP contribution is -2.25. The fourth-order valence-corrected chi connectivity index (χ4v) is 3.20. The summed E-state index contributed by atoms with van der Waals surface area (Å²) in [6, 6.07) is 19.6. The molecule has 0 N–H and O–H groups in total. The van der Waals surface area contributed by atoms with Crippen molar-refractivity contribution in [1.82, 2.24) is 0 Å². The summed E-state index contributed by atoms with van der Waals surface area (Å²) in [5.41, 5.74) is 2.10. The third-order valence-electron chi connectivity index (χ3n) is 4.51. The van der Waals surface area contributed by atoms with Crippen molar-refractivity contribution in [2.24, 2.45) is 5.92 Å². The largest absolute Gasteiger partial charge is 0.464 e. The van der Waals surface area contributed by atoms with E-state index in [0.717, 1.165) is 11.1 Å². The average molecular weight is 308 g/mol. The molecule has 2 aromatic carbocycles. The highest BCUT2D eigenvalue weighted by Crippen LogP contribution is 2.34. The summed E-state index contributed by atoms with van der Waals surface area (Å²) in [6.45, 7) is 2.31. The van der Waals surface area contributed by atoms with E-state index in [0.29, 0.717) is 13.0 Å². The Balaban J connectivity index is 1.76. The van der Waals surface area contributed by atoms with Gasteiger partial charge in [-0.15, -0.1) is 0 Å². The van der Waals surface area contributed by atoms with Crippen molar-refractivity contribution in [2.45, 2.75) is 25.2 Å². The van der Waals surface area contributed by atoms with Gasteiger partial charge in [-0.05, 0) is 17.0 Å². The van der Waals surface area contributed by atoms with Crippen LogP contribution < -0.4 is 0 Å². The van der Waals surface area contributed by atoms with Crippen molar-refractivity contribution in [3.63, 3.8) is 0 Å². The Morgan fingerprint density at radius 1 is 1.09 bits per heavy atom. The van der Waals surface area contributed by atoms with Gasteiger partial charge in [0.05, 0.1) is 6.61 Å². The standard InChI is InChI=1S/C20H20O3/c1-14(15-8-4-2-5-9-15)12-18(21)19-17(13-23-20(19)22)16-10-6-3-7-11-16/h2-11,14,17,19H,12-13H2,1H3. The molecule has 1 aliphatic rings. The molecule has 1 heterocycles. The van der Waals surface area contributed by atoms with Crippen LogP contribution in [0.3, 0.4) is 0 Å². The molecule has 0 aromatic heterocycles. The predicted octanol–water partition coefficient (Wildman–Crippen LogP) is 3.71. The Labute approximate surface area is 136 Å². The molecule has 1 saturated heterocycles. The number of hydrogen-bond donors (Lipinski definition) is 0. The minimum atomic E-state index is -0.677. The van der Waals surface area contributed by atoms with Crippen molar-refractivity contribution < 1.29 is 14.3 Å². The lowest BCUT2D eigenvalue weighted by atomic mass is 9.82. The minimum absolute atomic E-state index is 0.0299. The fourth-order valence-electron chi connectivity index (χ4n) is 3.20. The van der Waals surface area contributed by atoms with E-state index in [-0.39, 0.29) is 23.6 Å². The van der Waals surface area contributed by atoms with Crippen LogP contribution >= 0.6 is 0 Å². The third kappa shape index (κ3) is 3.34. The Morgan fingerprint density at radius 3 is 2.35 bits per heavy atom. The van der Waals surface area contributed by atoms with E-state index in [4.69, 9.17) is 4.74 Å². The number of ketones is 1. The second-order valence-corrected chi connectivity index (χ2v) is 6.11. The van der Waals surface area contributed by atoms with Crippen LogP contribution in [0.15, 0.2) is 60.7 Å². The van der Waals surface area contributed by atoms with E-state index in [1.165, 1.54) is 0 Å². The number of carbonyl (C=O) groups is 2. The predicted molar refractivity (Wildman–Crippen MR) is 88.1 cm³/mol. The average Bonchev–Trinajstić information content (AvgIpc) is 2.98. The van der Waals surface area contributed by atoms with Crippen molar-refractivity contribution in [2.75, 3.05) is 6.61 Å². The molecule has 0 amide bonds. The summed E-state index contributed by atoms with van der Waals surface area (Å²) in [4.78, 5) is 24.8. The quantitative estimate of drug-likeness (QED) is 0.625. The minimum Gasteiger partial charge on any atom is -0.464 e. The number of Topliss-reactive ketones (excluding diaryl/α,β-unsaturated/α-hetero) is 1. The molecule has 2 aromatic rings. The van der Waals surface area contributed by atoms with Gasteiger partial charge in [0, 0.05) is 12.3 Å². The SMILES string of the molecule is CC(CC(=O)C1C(=O)OCC1c1ccccc1)c1ccccc1. The Bertz CT molecular complexity index is 679. The Morgan fingerprint density at radius 2 is 1.70 bits per heavy atom. The van der Waals surface area contributed by atoms with E-state index in [1.54, 1.807) is 0 Å². The third-order valence-corrected chi connectivity index (χ3v) is 4.51. The molecule has 3 atom stereocenters. The smallest absolute Gasteiger partial charge is 0.317 e. The van der Waals surface area contributed by atoms with Gasteiger partial charge in [0.25, 0.3) is 0 Å². The van der Waals surface area contributed by atoms with E-state index < -0.39 is 5.92 Å². The second kappa shape index (κ2) is 6.78. The summed E-state index contributed by atoms with van der Waals surface area (Å²) >= 11 is 0. The first-order valence-corrected chi connectivity index (χ1v) is 7.96. The summed E-state index contributed by atoms with van der Waals surface area (Å²) in [6.07, 6.45) is 0.354. The molecule has 0 bridgehead atoms. The fraction of sp³-hybridized carbons (Fsp3) is 0.300. The van der Waals surface area contributed by atoms with E-state index in [1.807, 2.05) is 67.6 Å². The van der Waals surface area contributed by atoms with Gasteiger partial charge >= 0.3 is 5.97 Å². The highest BCUT2D eigenvalue weighted by atomic mass is 16.5. The summed E-state index contributed by atoms with van der Waals surface area (Å²) in [5, 5.41) is 0. The molecule has 1 fully saturated rings. The van der Waals surface area contributed by atoms with Crippen LogP contribution in [0.2, 0.25) is 0 Å². The van der Waals surface area contributed by atoms with Crippen molar-refractivity contribution >= 4 is 11.8 Å². The highest BCUT2D eigenvalue weighted by Gasteiger charge is 2.42. The number of ether oxygens (including phenoxy) is 1. The molecule has 3 heteroatoms. The van der Waals surface area contributed by atoms with Crippen molar-refractivity contribution in [3.05, 3.63) is 71.8 Å². The number of carbonyl (C=O) groups excluding carboxylic acids is 2. The molecule has 0 radical (unpaired) electrons. The van der Waals surface area contributed by atoms with Crippen molar-refractivity contribution in [3.8, 4) is 0 Å². The first-order valence-electron chi connectivity index (χ1n) is 7.96. The van der Waals surface area contributed by atoms with Gasteiger partial charge in [-0.3, -0.25) is 9.59 Å². The van der Waals surface area contributed by atoms with Crippen LogP contribution in [0.4, 0.5) is 0 Å².